The minimum atomic E-state index is -0.485. The van der Waals surface area contributed by atoms with Gasteiger partial charge in [0.15, 0.2) is 0 Å². The van der Waals surface area contributed by atoms with Crippen molar-refractivity contribution < 1.29 is 28.5 Å². The van der Waals surface area contributed by atoms with Crippen LogP contribution in [0, 0.1) is 11.8 Å². The molecule has 0 aliphatic heterocycles. The van der Waals surface area contributed by atoms with E-state index in [9.17, 15) is 9.59 Å². The molecule has 64 heavy (non-hydrogen) atoms. The third-order valence-corrected chi connectivity index (χ3v) is 11.5. The van der Waals surface area contributed by atoms with Gasteiger partial charge in [-0.1, -0.05) is 115 Å². The molecule has 6 aromatic carbocycles. The van der Waals surface area contributed by atoms with E-state index in [2.05, 4.69) is 37.7 Å². The van der Waals surface area contributed by atoms with Gasteiger partial charge in [-0.15, -0.1) is 0 Å². The van der Waals surface area contributed by atoms with Crippen LogP contribution in [0.2, 0.25) is 0 Å². The van der Waals surface area contributed by atoms with E-state index in [1.165, 1.54) is 51.4 Å². The van der Waals surface area contributed by atoms with Gasteiger partial charge in [-0.25, -0.2) is 9.59 Å². The van der Waals surface area contributed by atoms with Crippen LogP contribution in [-0.4, -0.2) is 37.6 Å². The molecule has 6 aromatic rings. The Kier molecular flexibility index (Phi) is 18.3. The van der Waals surface area contributed by atoms with Crippen LogP contribution in [0.15, 0.2) is 143 Å². The molecule has 0 unspecified atom stereocenters. The van der Waals surface area contributed by atoms with E-state index in [1.807, 2.05) is 84.9 Å². The Morgan fingerprint density at radius 3 is 1.25 bits per heavy atom. The number of carbonyl (C=O) groups is 2. The molecular weight excluding hydrogens is 797 g/mol. The number of fused-ring (bicyclic) bond motifs is 1. The highest BCUT2D eigenvalue weighted by Crippen LogP contribution is 2.27. The molecule has 0 aliphatic carbocycles. The Bertz CT molecular complexity index is 2260. The van der Waals surface area contributed by atoms with Gasteiger partial charge < -0.3 is 18.9 Å². The Labute approximate surface area is 379 Å². The van der Waals surface area contributed by atoms with Gasteiger partial charge >= 0.3 is 11.9 Å². The molecule has 0 heterocycles. The smallest absolute Gasteiger partial charge is 0.343 e. The number of aliphatic imine (C=N–C) groups is 2. The largest absolute Gasteiger partial charge is 0.494 e. The quantitative estimate of drug-likeness (QED) is 0.0260. The summed E-state index contributed by atoms with van der Waals surface area (Å²) in [6.45, 7) is 10.6. The normalized spacial score (nSPS) is 12.4. The average Bonchev–Trinajstić information content (AvgIpc) is 3.33. The molecule has 0 spiro atoms. The van der Waals surface area contributed by atoms with Gasteiger partial charge in [-0.2, -0.15) is 0 Å². The van der Waals surface area contributed by atoms with Gasteiger partial charge in [0.25, 0.3) is 0 Å². The molecule has 0 aromatic heterocycles. The second-order valence-electron chi connectivity index (χ2n) is 16.6. The zero-order chi connectivity index (χ0) is 44.9. The van der Waals surface area contributed by atoms with Crippen molar-refractivity contribution >= 4 is 46.5 Å². The highest BCUT2D eigenvalue weighted by molar-refractivity contribution is 5.95. The number of benzene rings is 6. The molecule has 0 N–H and O–H groups in total. The molecule has 0 bridgehead atoms. The predicted octanol–water partition coefficient (Wildman–Crippen LogP) is 14.7. The Morgan fingerprint density at radius 2 is 0.859 bits per heavy atom. The molecule has 0 fully saturated rings. The first-order valence-electron chi connectivity index (χ1n) is 23.0. The van der Waals surface area contributed by atoms with Crippen LogP contribution in [0.3, 0.4) is 0 Å². The first kappa shape index (κ1) is 47.0. The first-order valence-corrected chi connectivity index (χ1v) is 23.0. The van der Waals surface area contributed by atoms with E-state index in [-0.39, 0.29) is 0 Å². The molecule has 8 nitrogen and oxygen atoms in total. The van der Waals surface area contributed by atoms with Crippen molar-refractivity contribution in [1.82, 2.24) is 0 Å². The van der Waals surface area contributed by atoms with Crippen molar-refractivity contribution in [3.05, 3.63) is 156 Å². The molecule has 0 saturated heterocycles. The van der Waals surface area contributed by atoms with Crippen LogP contribution < -0.4 is 18.9 Å². The topological polar surface area (TPSA) is 95.8 Å². The van der Waals surface area contributed by atoms with Crippen molar-refractivity contribution in [3.63, 3.8) is 0 Å². The Balaban J connectivity index is 0.939. The van der Waals surface area contributed by atoms with Gasteiger partial charge in [0.1, 0.15) is 23.0 Å². The Hall–Kier alpha value is -6.54. The van der Waals surface area contributed by atoms with Gasteiger partial charge in [-0.3, -0.25) is 9.98 Å². The maximum atomic E-state index is 13.1. The molecule has 0 amide bonds. The number of hydrogen-bond acceptors (Lipinski definition) is 8. The number of nitrogens with zero attached hydrogens (tertiary/aromatic N) is 2. The molecular formula is C56H62N2O6. The zero-order valence-corrected chi connectivity index (χ0v) is 37.8. The molecule has 6 rings (SSSR count). The summed E-state index contributed by atoms with van der Waals surface area (Å²) in [6, 6.07) is 40.4. The number of unbranched alkanes of at least 4 members (excludes halogenated alkanes) is 4. The number of carbonyl (C=O) groups excluding carboxylic acids is 2. The first-order chi connectivity index (χ1) is 31.2. The van der Waals surface area contributed by atoms with E-state index in [0.717, 1.165) is 82.7 Å². The summed E-state index contributed by atoms with van der Waals surface area (Å²) in [5, 5.41) is 1.66. The van der Waals surface area contributed by atoms with Crippen LogP contribution in [-0.2, 0) is 0 Å². The number of hydrogen-bond donors (Lipinski definition) is 0. The van der Waals surface area contributed by atoms with E-state index in [0.29, 0.717) is 22.6 Å². The fraction of sp³-hybridized carbons (Fsp3) is 0.321. The lowest BCUT2D eigenvalue weighted by molar-refractivity contribution is 0.0726. The number of ether oxygens (including phenoxy) is 4. The third-order valence-electron chi connectivity index (χ3n) is 11.5. The second kappa shape index (κ2) is 24.9. The van der Waals surface area contributed by atoms with Crippen molar-refractivity contribution in [2.24, 2.45) is 21.8 Å². The van der Waals surface area contributed by atoms with Crippen molar-refractivity contribution in [2.75, 3.05) is 13.2 Å². The van der Waals surface area contributed by atoms with Crippen molar-refractivity contribution in [1.29, 1.82) is 0 Å². The summed E-state index contributed by atoms with van der Waals surface area (Å²) in [7, 11) is 0. The van der Waals surface area contributed by atoms with Gasteiger partial charge in [0, 0.05) is 12.4 Å². The maximum Gasteiger partial charge on any atom is 0.343 e. The van der Waals surface area contributed by atoms with E-state index < -0.39 is 11.9 Å². The summed E-state index contributed by atoms with van der Waals surface area (Å²) in [5.41, 5.74) is 4.14. The summed E-state index contributed by atoms with van der Waals surface area (Å²) in [6.07, 6.45) is 15.6. The maximum absolute atomic E-state index is 13.1. The van der Waals surface area contributed by atoms with Crippen LogP contribution in [0.5, 0.6) is 23.0 Å². The van der Waals surface area contributed by atoms with Crippen molar-refractivity contribution in [2.45, 2.75) is 91.9 Å². The van der Waals surface area contributed by atoms with Crippen LogP contribution >= 0.6 is 0 Å². The molecule has 2 atom stereocenters. The number of rotatable bonds is 24. The predicted molar refractivity (Wildman–Crippen MR) is 261 cm³/mol. The molecule has 332 valence electrons. The van der Waals surface area contributed by atoms with Crippen LogP contribution in [0.4, 0.5) is 11.4 Å². The lowest BCUT2D eigenvalue weighted by atomic mass is 10.0. The second-order valence-corrected chi connectivity index (χ2v) is 16.6. The average molecular weight is 859 g/mol. The van der Waals surface area contributed by atoms with Crippen LogP contribution in [0.25, 0.3) is 10.8 Å². The SMILES string of the molecule is CC[C@H](C)CCCCCOc1ccc(N=Cc2ccc(C(=O)Oc3ccc4ccc(OC(=O)c5ccc(C=Nc6ccc(OCCCCC[C@@H](C)CC)cc6)cc5)cc4c3)cc2)cc1. The minimum Gasteiger partial charge on any atom is -0.494 e. The van der Waals surface area contributed by atoms with E-state index in [4.69, 9.17) is 18.9 Å². The summed E-state index contributed by atoms with van der Waals surface area (Å²) >= 11 is 0. The molecule has 8 heteroatoms. The standard InChI is InChI=1S/C56H62N2O6/c1-5-41(3)13-9-7-11-35-61-51-31-25-49(26-32-51)57-39-43-15-19-46(20-16-43)55(59)63-53-29-23-45-24-30-54(38-48(45)37-53)64-56(60)47-21-17-44(18-22-47)40-58-50-27-33-52(34-28-50)62-36-12-8-10-14-42(4)6-2/h15-34,37-42H,5-14,35-36H2,1-4H3/t41-,42-/m0/s1. The lowest BCUT2D eigenvalue weighted by Gasteiger charge is -2.09. The van der Waals surface area contributed by atoms with Gasteiger partial charge in [-0.05, 0) is 144 Å². The highest BCUT2D eigenvalue weighted by Gasteiger charge is 2.12. The summed E-state index contributed by atoms with van der Waals surface area (Å²) in [4.78, 5) is 35.3. The minimum absolute atomic E-state index is 0.375. The fourth-order valence-electron chi connectivity index (χ4n) is 6.96. The van der Waals surface area contributed by atoms with E-state index >= 15 is 0 Å². The fourth-order valence-corrected chi connectivity index (χ4v) is 6.96. The number of esters is 2. The summed E-state index contributed by atoms with van der Waals surface area (Å²) in [5.74, 6) is 3.07. The van der Waals surface area contributed by atoms with Gasteiger partial charge in [0.05, 0.1) is 35.7 Å². The molecule has 0 saturated carbocycles. The summed E-state index contributed by atoms with van der Waals surface area (Å²) < 4.78 is 23.3. The zero-order valence-electron chi connectivity index (χ0n) is 37.8. The lowest BCUT2D eigenvalue weighted by Crippen LogP contribution is -2.09. The van der Waals surface area contributed by atoms with Crippen molar-refractivity contribution in [3.8, 4) is 23.0 Å². The van der Waals surface area contributed by atoms with Gasteiger partial charge in [0.2, 0.25) is 0 Å². The monoisotopic (exact) mass is 858 g/mol. The third kappa shape index (κ3) is 15.4. The van der Waals surface area contributed by atoms with Crippen LogP contribution in [0.1, 0.15) is 124 Å². The molecule has 0 aliphatic rings. The van der Waals surface area contributed by atoms with E-state index in [1.54, 1.807) is 61.0 Å². The molecule has 0 radical (unpaired) electrons. The highest BCUT2D eigenvalue weighted by atomic mass is 16.5. The Morgan fingerprint density at radius 1 is 0.469 bits per heavy atom.